The Morgan fingerprint density at radius 2 is 1.69 bits per heavy atom. The molecule has 2 atom stereocenters. The van der Waals surface area contributed by atoms with Gasteiger partial charge in [0.05, 0.1) is 11.7 Å². The Hall–Kier alpha value is -3.93. The number of aromatic nitrogens is 1. The molecule has 0 fully saturated rings. The predicted molar refractivity (Wildman–Crippen MR) is 123 cm³/mol. The van der Waals surface area contributed by atoms with Crippen molar-refractivity contribution in [2.75, 3.05) is 0 Å². The van der Waals surface area contributed by atoms with Crippen LogP contribution >= 0.6 is 0 Å². The summed E-state index contributed by atoms with van der Waals surface area (Å²) in [6.07, 6.45) is 3.75. The lowest BCUT2D eigenvalue weighted by molar-refractivity contribution is -0.150. The number of carbonyl (C=O) groups is 2. The molecule has 0 aliphatic carbocycles. The van der Waals surface area contributed by atoms with Gasteiger partial charge in [0.1, 0.15) is 12.4 Å². The zero-order chi connectivity index (χ0) is 22.8. The molecule has 0 radical (unpaired) electrons. The molecule has 2 aromatic carbocycles. The average molecular weight is 431 g/mol. The zero-order valence-corrected chi connectivity index (χ0v) is 18.1. The van der Waals surface area contributed by atoms with Gasteiger partial charge in [0, 0.05) is 12.3 Å². The SMILES string of the molecule is CC(OC(=O)C=Cc1ccc(OCc2ccccn2)cc1)C(=O)NC(C)c1ccccc1. The highest BCUT2D eigenvalue weighted by Gasteiger charge is 2.19. The maximum atomic E-state index is 12.3. The second kappa shape index (κ2) is 11.5. The third-order valence-corrected chi connectivity index (χ3v) is 4.73. The molecule has 0 aliphatic rings. The summed E-state index contributed by atoms with van der Waals surface area (Å²) in [6.45, 7) is 3.81. The van der Waals surface area contributed by atoms with Gasteiger partial charge < -0.3 is 14.8 Å². The van der Waals surface area contributed by atoms with E-state index in [1.165, 1.54) is 6.08 Å². The van der Waals surface area contributed by atoms with Gasteiger partial charge in [-0.2, -0.15) is 0 Å². The molecular weight excluding hydrogens is 404 g/mol. The lowest BCUT2D eigenvalue weighted by Crippen LogP contribution is -2.37. The molecule has 0 saturated heterocycles. The first-order chi connectivity index (χ1) is 15.5. The van der Waals surface area contributed by atoms with Crippen molar-refractivity contribution in [1.29, 1.82) is 0 Å². The number of hydrogen-bond donors (Lipinski definition) is 1. The van der Waals surface area contributed by atoms with Crippen LogP contribution in [0.1, 0.15) is 36.7 Å². The maximum absolute atomic E-state index is 12.3. The predicted octanol–water partition coefficient (Wildman–Crippen LogP) is 4.48. The van der Waals surface area contributed by atoms with Crippen LogP contribution in [0.2, 0.25) is 0 Å². The minimum atomic E-state index is -0.902. The summed E-state index contributed by atoms with van der Waals surface area (Å²) in [6, 6.07) is 22.4. The standard InChI is InChI=1S/C26H26N2O4/c1-19(22-8-4-3-5-9-22)28-26(30)20(2)32-25(29)16-13-21-11-14-24(15-12-21)31-18-23-10-6-7-17-27-23/h3-17,19-20H,18H2,1-2H3,(H,28,30). The van der Waals surface area contributed by atoms with Crippen molar-refractivity contribution in [3.8, 4) is 5.75 Å². The number of nitrogens with zero attached hydrogens (tertiary/aromatic N) is 1. The van der Waals surface area contributed by atoms with E-state index in [2.05, 4.69) is 10.3 Å². The number of carbonyl (C=O) groups excluding carboxylic acids is 2. The van der Waals surface area contributed by atoms with Gasteiger partial charge in [0.2, 0.25) is 0 Å². The maximum Gasteiger partial charge on any atom is 0.331 e. The van der Waals surface area contributed by atoms with Crippen LogP contribution in [0.5, 0.6) is 5.75 Å². The van der Waals surface area contributed by atoms with Gasteiger partial charge in [-0.3, -0.25) is 9.78 Å². The molecule has 0 bridgehead atoms. The van der Waals surface area contributed by atoms with E-state index in [0.29, 0.717) is 12.4 Å². The molecule has 2 unspecified atom stereocenters. The van der Waals surface area contributed by atoms with Gasteiger partial charge in [-0.1, -0.05) is 48.5 Å². The van der Waals surface area contributed by atoms with E-state index in [9.17, 15) is 9.59 Å². The van der Waals surface area contributed by atoms with Gasteiger partial charge in [-0.25, -0.2) is 4.79 Å². The summed E-state index contributed by atoms with van der Waals surface area (Å²) < 4.78 is 10.9. The van der Waals surface area contributed by atoms with Gasteiger partial charge in [0.25, 0.3) is 5.91 Å². The first-order valence-corrected chi connectivity index (χ1v) is 10.4. The van der Waals surface area contributed by atoms with Gasteiger partial charge in [-0.15, -0.1) is 0 Å². The Balaban J connectivity index is 1.45. The van der Waals surface area contributed by atoms with Crippen LogP contribution in [0.25, 0.3) is 6.08 Å². The second-order valence-electron chi connectivity index (χ2n) is 7.23. The smallest absolute Gasteiger partial charge is 0.331 e. The van der Waals surface area contributed by atoms with Crippen molar-refractivity contribution < 1.29 is 19.1 Å². The first-order valence-electron chi connectivity index (χ1n) is 10.4. The minimum absolute atomic E-state index is 0.182. The molecule has 3 rings (SSSR count). The van der Waals surface area contributed by atoms with E-state index in [1.807, 2.05) is 79.7 Å². The molecule has 6 nitrogen and oxygen atoms in total. The van der Waals surface area contributed by atoms with E-state index in [4.69, 9.17) is 9.47 Å². The van der Waals surface area contributed by atoms with Crippen molar-refractivity contribution in [3.63, 3.8) is 0 Å². The lowest BCUT2D eigenvalue weighted by atomic mass is 10.1. The number of amides is 1. The van der Waals surface area contributed by atoms with Crippen LogP contribution < -0.4 is 10.1 Å². The van der Waals surface area contributed by atoms with E-state index >= 15 is 0 Å². The van der Waals surface area contributed by atoms with Crippen molar-refractivity contribution in [3.05, 3.63) is 102 Å². The van der Waals surface area contributed by atoms with Gasteiger partial charge >= 0.3 is 5.97 Å². The summed E-state index contributed by atoms with van der Waals surface area (Å²) >= 11 is 0. The Morgan fingerprint density at radius 1 is 0.969 bits per heavy atom. The summed E-state index contributed by atoms with van der Waals surface area (Å²) in [5.74, 6) is -0.235. The van der Waals surface area contributed by atoms with Crippen molar-refractivity contribution >= 4 is 18.0 Å². The fraction of sp³-hybridized carbons (Fsp3) is 0.192. The van der Waals surface area contributed by atoms with Crippen molar-refractivity contribution in [1.82, 2.24) is 10.3 Å². The topological polar surface area (TPSA) is 77.5 Å². The number of benzene rings is 2. The molecule has 1 heterocycles. The van der Waals surface area contributed by atoms with E-state index in [0.717, 1.165) is 16.8 Å². The molecule has 3 aromatic rings. The monoisotopic (exact) mass is 430 g/mol. The van der Waals surface area contributed by atoms with E-state index in [-0.39, 0.29) is 11.9 Å². The Morgan fingerprint density at radius 3 is 2.38 bits per heavy atom. The number of pyridine rings is 1. The fourth-order valence-electron chi connectivity index (χ4n) is 2.90. The first kappa shape index (κ1) is 22.7. The molecule has 164 valence electrons. The molecule has 0 spiro atoms. The summed E-state index contributed by atoms with van der Waals surface area (Å²) in [5.41, 5.74) is 2.63. The van der Waals surface area contributed by atoms with E-state index in [1.54, 1.807) is 19.2 Å². The largest absolute Gasteiger partial charge is 0.487 e. The molecule has 32 heavy (non-hydrogen) atoms. The molecule has 0 aliphatic heterocycles. The third kappa shape index (κ3) is 7.09. The van der Waals surface area contributed by atoms with Crippen molar-refractivity contribution in [2.45, 2.75) is 32.6 Å². The minimum Gasteiger partial charge on any atom is -0.487 e. The number of esters is 1. The van der Waals surface area contributed by atoms with Crippen LogP contribution in [0.15, 0.2) is 85.1 Å². The van der Waals surface area contributed by atoms with Crippen LogP contribution in [0.4, 0.5) is 0 Å². The molecule has 1 amide bonds. The highest BCUT2D eigenvalue weighted by Crippen LogP contribution is 2.15. The second-order valence-corrected chi connectivity index (χ2v) is 7.23. The quantitative estimate of drug-likeness (QED) is 0.400. The average Bonchev–Trinajstić information content (AvgIpc) is 2.83. The van der Waals surface area contributed by atoms with E-state index < -0.39 is 12.1 Å². The fourth-order valence-corrected chi connectivity index (χ4v) is 2.90. The van der Waals surface area contributed by atoms with Crippen LogP contribution in [0, 0.1) is 0 Å². The molecule has 1 aromatic heterocycles. The van der Waals surface area contributed by atoms with Gasteiger partial charge in [0.15, 0.2) is 6.10 Å². The third-order valence-electron chi connectivity index (χ3n) is 4.73. The van der Waals surface area contributed by atoms with Crippen molar-refractivity contribution in [2.24, 2.45) is 0 Å². The van der Waals surface area contributed by atoms with Crippen LogP contribution in [-0.2, 0) is 20.9 Å². The molecule has 1 N–H and O–H groups in total. The zero-order valence-electron chi connectivity index (χ0n) is 18.1. The summed E-state index contributed by atoms with van der Waals surface area (Å²) in [5, 5.41) is 2.85. The number of ether oxygens (including phenoxy) is 2. The number of hydrogen-bond acceptors (Lipinski definition) is 5. The molecule has 6 heteroatoms. The number of rotatable bonds is 9. The summed E-state index contributed by atoms with van der Waals surface area (Å²) in [7, 11) is 0. The Kier molecular flexibility index (Phi) is 8.15. The van der Waals surface area contributed by atoms with Crippen LogP contribution in [-0.4, -0.2) is 23.0 Å². The Bertz CT molecular complexity index is 1030. The van der Waals surface area contributed by atoms with Gasteiger partial charge in [-0.05, 0) is 55.3 Å². The number of nitrogens with one attached hydrogen (secondary N) is 1. The normalized spacial score (nSPS) is 12.7. The highest BCUT2D eigenvalue weighted by molar-refractivity contribution is 5.90. The molecule has 0 saturated carbocycles. The highest BCUT2D eigenvalue weighted by atomic mass is 16.5. The molecular formula is C26H26N2O4. The Labute approximate surface area is 187 Å². The lowest BCUT2D eigenvalue weighted by Gasteiger charge is -2.17. The van der Waals surface area contributed by atoms with Crippen LogP contribution in [0.3, 0.4) is 0 Å². The summed E-state index contributed by atoms with van der Waals surface area (Å²) in [4.78, 5) is 28.6.